The second kappa shape index (κ2) is 10.4. The van der Waals surface area contributed by atoms with Gasteiger partial charge in [-0.3, -0.25) is 9.71 Å². The van der Waals surface area contributed by atoms with E-state index in [4.69, 9.17) is 0 Å². The average Bonchev–Trinajstić information content (AvgIpc) is 2.34. The van der Waals surface area contributed by atoms with Crippen LogP contribution in [0.15, 0.2) is 29.0 Å². The van der Waals surface area contributed by atoms with E-state index < -0.39 is 6.09 Å². The highest BCUT2D eigenvalue weighted by molar-refractivity contribution is 5.72. The third kappa shape index (κ3) is 5.61. The van der Waals surface area contributed by atoms with E-state index in [0.717, 1.165) is 5.57 Å². The van der Waals surface area contributed by atoms with Crippen molar-refractivity contribution >= 4 is 12.8 Å². The Balaban J connectivity index is 0. The molecule has 1 aliphatic rings. The molecule has 0 saturated heterocycles. The summed E-state index contributed by atoms with van der Waals surface area (Å²) in [7, 11) is 0.500. The number of cyclic esters (lactones) is 1. The van der Waals surface area contributed by atoms with Crippen LogP contribution in [0, 0.1) is 0 Å². The minimum absolute atomic E-state index is 0.212. The van der Waals surface area contributed by atoms with E-state index in [-0.39, 0.29) is 6.61 Å². The fourth-order valence-electron chi connectivity index (χ4n) is 0.721. The number of amides is 1. The number of aliphatic imine (C=N–C) groups is 1. The van der Waals surface area contributed by atoms with Crippen LogP contribution in [0.1, 0.15) is 13.8 Å². The van der Waals surface area contributed by atoms with Crippen LogP contribution in [0.4, 0.5) is 9.18 Å². The number of ether oxygens (including phenoxy) is 1. The molecular weight excluding hydrogens is 199 g/mol. The van der Waals surface area contributed by atoms with Gasteiger partial charge < -0.3 is 4.74 Å². The summed E-state index contributed by atoms with van der Waals surface area (Å²) in [6.45, 7) is 11.0. The van der Waals surface area contributed by atoms with Crippen molar-refractivity contribution in [1.82, 2.24) is 5.32 Å². The molecule has 0 aromatic rings. The molecule has 1 aliphatic heterocycles. The zero-order valence-corrected chi connectivity index (χ0v) is 9.34. The monoisotopic (exact) mass is 216 g/mol. The maximum Gasteiger partial charge on any atom is 0.413 e. The number of halogens is 1. The van der Waals surface area contributed by atoms with E-state index in [1.165, 1.54) is 0 Å². The van der Waals surface area contributed by atoms with E-state index >= 15 is 0 Å². The maximum atomic E-state index is 10.6. The van der Waals surface area contributed by atoms with Crippen molar-refractivity contribution < 1.29 is 13.9 Å². The fraction of sp³-hybridized carbons (Fsp3) is 0.400. The molecule has 0 atom stereocenters. The Kier molecular flexibility index (Phi) is 11.0. The van der Waals surface area contributed by atoms with Crippen LogP contribution >= 0.6 is 0 Å². The summed E-state index contributed by atoms with van der Waals surface area (Å²) in [4.78, 5) is 14.2. The molecule has 0 radical (unpaired) electrons. The van der Waals surface area contributed by atoms with Gasteiger partial charge >= 0.3 is 6.09 Å². The molecule has 0 aromatic heterocycles. The van der Waals surface area contributed by atoms with Crippen molar-refractivity contribution in [2.24, 2.45) is 4.99 Å². The minimum Gasteiger partial charge on any atom is -0.444 e. The van der Waals surface area contributed by atoms with E-state index in [1.54, 1.807) is 6.08 Å². The van der Waals surface area contributed by atoms with Crippen LogP contribution < -0.4 is 5.32 Å². The van der Waals surface area contributed by atoms with Crippen molar-refractivity contribution in [1.29, 1.82) is 0 Å². The van der Waals surface area contributed by atoms with Crippen LogP contribution in [-0.4, -0.2) is 26.6 Å². The van der Waals surface area contributed by atoms with Crippen molar-refractivity contribution in [2.45, 2.75) is 13.8 Å². The van der Waals surface area contributed by atoms with Gasteiger partial charge in [-0.25, -0.2) is 9.79 Å². The Morgan fingerprint density at radius 2 is 2.07 bits per heavy atom. The second-order valence-electron chi connectivity index (χ2n) is 1.94. The fourth-order valence-corrected chi connectivity index (χ4v) is 0.721. The van der Waals surface area contributed by atoms with Crippen molar-refractivity contribution in [3.63, 3.8) is 0 Å². The molecule has 0 saturated carbocycles. The summed E-state index contributed by atoms with van der Waals surface area (Å²) >= 11 is 0. The van der Waals surface area contributed by atoms with Gasteiger partial charge in [0.1, 0.15) is 12.4 Å². The standard InChI is InChI=1S/C7H8N2O2.C2H6.CH3F/c1-3-5-4-11-7(10)9-6(5)8-2;2*1-2/h3H,1-2,4H2,(H,9,10);1-2H3;1H3. The molecule has 1 N–H and O–H groups in total. The van der Waals surface area contributed by atoms with Crippen LogP contribution in [-0.2, 0) is 4.74 Å². The lowest BCUT2D eigenvalue weighted by Crippen LogP contribution is -2.29. The van der Waals surface area contributed by atoms with Crippen molar-refractivity contribution in [3.8, 4) is 0 Å². The Labute approximate surface area is 89.5 Å². The SMILES string of the molecule is C=CC1=C(N=C)NC(=O)OC1.CC.CF. The lowest BCUT2D eigenvalue weighted by atomic mass is 10.2. The van der Waals surface area contributed by atoms with E-state index in [9.17, 15) is 9.18 Å². The van der Waals surface area contributed by atoms with Gasteiger partial charge in [0.15, 0.2) is 0 Å². The highest BCUT2D eigenvalue weighted by atomic mass is 19.1. The number of alkyl halides is 1. The number of hydrogen-bond donors (Lipinski definition) is 1. The van der Waals surface area contributed by atoms with Gasteiger partial charge in [0.05, 0.1) is 7.18 Å². The van der Waals surface area contributed by atoms with E-state index in [2.05, 4.69) is 28.3 Å². The quantitative estimate of drug-likeness (QED) is 0.721. The lowest BCUT2D eigenvalue weighted by Gasteiger charge is -2.15. The van der Waals surface area contributed by atoms with Gasteiger partial charge in [-0.15, -0.1) is 0 Å². The average molecular weight is 216 g/mol. The third-order valence-electron chi connectivity index (χ3n) is 1.29. The Morgan fingerprint density at radius 3 is 2.47 bits per heavy atom. The van der Waals surface area contributed by atoms with Gasteiger partial charge in [-0.2, -0.15) is 0 Å². The molecule has 0 bridgehead atoms. The normalized spacial score (nSPS) is 13.2. The lowest BCUT2D eigenvalue weighted by molar-refractivity contribution is 0.153. The molecule has 4 nitrogen and oxygen atoms in total. The summed E-state index contributed by atoms with van der Waals surface area (Å²) in [5, 5.41) is 2.39. The highest BCUT2D eigenvalue weighted by Gasteiger charge is 2.14. The molecule has 15 heavy (non-hydrogen) atoms. The Morgan fingerprint density at radius 1 is 1.53 bits per heavy atom. The van der Waals surface area contributed by atoms with Crippen molar-refractivity contribution in [3.05, 3.63) is 24.0 Å². The second-order valence-corrected chi connectivity index (χ2v) is 1.94. The number of nitrogens with one attached hydrogen (secondary N) is 1. The smallest absolute Gasteiger partial charge is 0.413 e. The number of rotatable bonds is 2. The zero-order valence-electron chi connectivity index (χ0n) is 9.34. The predicted octanol–water partition coefficient (Wildman–Crippen LogP) is 2.44. The van der Waals surface area contributed by atoms with Crippen LogP contribution in [0.5, 0.6) is 0 Å². The molecule has 0 aliphatic carbocycles. The highest BCUT2D eigenvalue weighted by Crippen LogP contribution is 2.09. The first-order valence-electron chi connectivity index (χ1n) is 4.42. The molecule has 1 amide bonds. The summed E-state index contributed by atoms with van der Waals surface area (Å²) in [5.74, 6) is 0.427. The molecule has 0 spiro atoms. The van der Waals surface area contributed by atoms with E-state index in [0.29, 0.717) is 13.0 Å². The zero-order chi connectivity index (χ0) is 12.3. The Hall–Kier alpha value is -1.65. The number of nitrogens with zero attached hydrogens (tertiary/aromatic N) is 1. The van der Waals surface area contributed by atoms with Gasteiger partial charge in [0.25, 0.3) is 0 Å². The minimum atomic E-state index is -0.502. The van der Waals surface area contributed by atoms with Gasteiger partial charge in [-0.05, 0) is 6.72 Å². The first kappa shape index (κ1) is 15.8. The molecule has 5 heteroatoms. The number of hydrogen-bond acceptors (Lipinski definition) is 3. The number of carbonyl (C=O) groups excluding carboxylic acids is 1. The molecule has 0 aromatic carbocycles. The molecule has 0 fully saturated rings. The van der Waals surface area contributed by atoms with E-state index in [1.807, 2.05) is 13.8 Å². The van der Waals surface area contributed by atoms with Crippen LogP contribution in [0.3, 0.4) is 0 Å². The maximum absolute atomic E-state index is 10.6. The van der Waals surface area contributed by atoms with Gasteiger partial charge in [0, 0.05) is 5.57 Å². The summed E-state index contributed by atoms with van der Waals surface area (Å²) in [6, 6.07) is 0. The van der Waals surface area contributed by atoms with Crippen LogP contribution in [0.25, 0.3) is 0 Å². The molecule has 0 unspecified atom stereocenters. The van der Waals surface area contributed by atoms with Crippen LogP contribution in [0.2, 0.25) is 0 Å². The molecule has 1 heterocycles. The third-order valence-corrected chi connectivity index (χ3v) is 1.29. The number of carbonyl (C=O) groups is 1. The molecule has 86 valence electrons. The molecule has 1 rings (SSSR count). The predicted molar refractivity (Wildman–Crippen MR) is 59.6 cm³/mol. The summed E-state index contributed by atoms with van der Waals surface area (Å²) < 4.78 is 14.1. The summed E-state index contributed by atoms with van der Waals surface area (Å²) in [5.41, 5.74) is 0.736. The van der Waals surface area contributed by atoms with Gasteiger partial charge in [-0.1, -0.05) is 26.5 Å². The topological polar surface area (TPSA) is 50.7 Å². The first-order chi connectivity index (χ1) is 7.27. The first-order valence-corrected chi connectivity index (χ1v) is 4.42. The Bertz CT molecular complexity index is 250. The number of alkyl carbamates (subject to hydrolysis) is 1. The summed E-state index contributed by atoms with van der Waals surface area (Å²) in [6.07, 6.45) is 1.07. The van der Waals surface area contributed by atoms with Crippen molar-refractivity contribution in [2.75, 3.05) is 13.8 Å². The largest absolute Gasteiger partial charge is 0.444 e. The van der Waals surface area contributed by atoms with Gasteiger partial charge in [0.2, 0.25) is 0 Å². The molecular formula is C10H17FN2O2.